The number of hydrogen-bond acceptors (Lipinski definition) is 4. The smallest absolute Gasteiger partial charge is 0.226 e. The number of carbonyl (C=O) groups excluding carboxylic acids is 1. The summed E-state index contributed by atoms with van der Waals surface area (Å²) in [4.78, 5) is 22.6. The average Bonchev–Trinajstić information content (AvgIpc) is 3.22. The zero-order chi connectivity index (χ0) is 18.9. The molecule has 1 amide bonds. The third-order valence-electron chi connectivity index (χ3n) is 7.27. The Morgan fingerprint density at radius 1 is 1.29 bits per heavy atom. The van der Waals surface area contributed by atoms with Gasteiger partial charge in [0.2, 0.25) is 5.91 Å². The van der Waals surface area contributed by atoms with Crippen LogP contribution in [-0.4, -0.2) is 53.2 Å². The number of likely N-dealkylation sites (tertiary alicyclic amines) is 1. The van der Waals surface area contributed by atoms with Crippen molar-refractivity contribution >= 4 is 11.6 Å². The highest BCUT2D eigenvalue weighted by atomic mass is 16.5. The van der Waals surface area contributed by atoms with Crippen LogP contribution in [0.5, 0.6) is 0 Å². The average molecular weight is 378 g/mol. The lowest BCUT2D eigenvalue weighted by Crippen LogP contribution is -2.53. The van der Waals surface area contributed by atoms with E-state index in [1.165, 1.54) is 11.4 Å². The molecule has 6 heteroatoms. The number of carbonyl (C=O) groups is 1. The van der Waals surface area contributed by atoms with Gasteiger partial charge in [-0.25, -0.2) is 4.98 Å². The monoisotopic (exact) mass is 378 g/mol. The number of amides is 1. The second kappa shape index (κ2) is 5.83. The minimum absolute atomic E-state index is 0.161. The van der Waals surface area contributed by atoms with Crippen LogP contribution >= 0.6 is 0 Å². The van der Waals surface area contributed by atoms with E-state index >= 15 is 0 Å². The summed E-state index contributed by atoms with van der Waals surface area (Å²) < 4.78 is 7.73. The van der Waals surface area contributed by atoms with Crippen LogP contribution in [0, 0.1) is 17.8 Å². The molecule has 0 radical (unpaired) electrons. The van der Waals surface area contributed by atoms with Crippen LogP contribution in [0.3, 0.4) is 0 Å². The van der Waals surface area contributed by atoms with Crippen LogP contribution in [-0.2, 0) is 15.1 Å². The first-order chi connectivity index (χ1) is 13.7. The normalized spacial score (nSPS) is 32.4. The van der Waals surface area contributed by atoms with Crippen LogP contribution in [0.25, 0.3) is 5.82 Å². The Balaban J connectivity index is 1.38. The van der Waals surface area contributed by atoms with Crippen molar-refractivity contribution in [1.82, 2.24) is 14.5 Å². The minimum atomic E-state index is -0.161. The first-order valence-corrected chi connectivity index (χ1v) is 10.5. The van der Waals surface area contributed by atoms with Crippen molar-refractivity contribution in [1.29, 1.82) is 0 Å². The topological polar surface area (TPSA) is 50.6 Å². The van der Waals surface area contributed by atoms with E-state index in [0.29, 0.717) is 17.7 Å². The molecule has 3 fully saturated rings. The first kappa shape index (κ1) is 16.6. The third-order valence-corrected chi connectivity index (χ3v) is 7.27. The Bertz CT molecular complexity index is 930. The SMILES string of the molecule is CCCN1c2cccnc2-n2cccc2[C@@]12CCN(C(=O)C1[C@H]3COC[C@@H]13)C2. The molecule has 6 nitrogen and oxygen atoms in total. The molecule has 0 bridgehead atoms. The molecule has 1 saturated carbocycles. The highest BCUT2D eigenvalue weighted by Gasteiger charge is 2.60. The summed E-state index contributed by atoms with van der Waals surface area (Å²) in [6.07, 6.45) is 6.01. The Labute approximate surface area is 165 Å². The van der Waals surface area contributed by atoms with E-state index in [1.54, 1.807) is 0 Å². The fraction of sp³-hybridized carbons (Fsp3) is 0.545. The van der Waals surface area contributed by atoms with E-state index in [4.69, 9.17) is 4.74 Å². The van der Waals surface area contributed by atoms with Gasteiger partial charge in [-0.05, 0) is 48.9 Å². The largest absolute Gasteiger partial charge is 0.381 e. The Morgan fingerprint density at radius 2 is 2.14 bits per heavy atom. The Morgan fingerprint density at radius 3 is 2.96 bits per heavy atom. The van der Waals surface area contributed by atoms with E-state index in [-0.39, 0.29) is 11.5 Å². The zero-order valence-corrected chi connectivity index (χ0v) is 16.3. The molecule has 1 aliphatic carbocycles. The molecule has 3 aliphatic heterocycles. The Kier molecular flexibility index (Phi) is 3.46. The van der Waals surface area contributed by atoms with Gasteiger partial charge in [0.15, 0.2) is 5.82 Å². The summed E-state index contributed by atoms with van der Waals surface area (Å²) in [7, 11) is 0. The molecule has 4 aliphatic rings. The van der Waals surface area contributed by atoms with Gasteiger partial charge in [-0.1, -0.05) is 6.92 Å². The molecule has 2 saturated heterocycles. The molecule has 1 unspecified atom stereocenters. The van der Waals surface area contributed by atoms with Crippen molar-refractivity contribution in [2.75, 3.05) is 37.7 Å². The second-order valence-electron chi connectivity index (χ2n) is 8.69. The van der Waals surface area contributed by atoms with E-state index in [2.05, 4.69) is 50.7 Å². The maximum absolute atomic E-state index is 13.2. The van der Waals surface area contributed by atoms with E-state index in [9.17, 15) is 4.79 Å². The Hall–Kier alpha value is -2.34. The van der Waals surface area contributed by atoms with Crippen molar-refractivity contribution in [3.63, 3.8) is 0 Å². The maximum atomic E-state index is 13.2. The van der Waals surface area contributed by atoms with Gasteiger partial charge in [0, 0.05) is 37.9 Å². The lowest BCUT2D eigenvalue weighted by atomic mass is 9.88. The summed E-state index contributed by atoms with van der Waals surface area (Å²) in [5, 5.41) is 0. The molecule has 146 valence electrons. The third kappa shape index (κ3) is 2.07. The number of anilines is 1. The van der Waals surface area contributed by atoms with Crippen LogP contribution in [0.15, 0.2) is 36.7 Å². The molecular formula is C22H26N4O2. The standard InChI is InChI=1S/C22H26N4O2/c1-2-9-26-17-5-3-8-23-20(17)25-10-4-6-18(25)22(26)7-11-24(14-22)21(27)19-15-12-28-13-16(15)19/h3-6,8,10,15-16,19H,2,7,9,11-14H2,1H3/t15-,16+,19?,22-/m0/s1. The van der Waals surface area contributed by atoms with Crippen LogP contribution in [0.1, 0.15) is 25.5 Å². The van der Waals surface area contributed by atoms with Crippen molar-refractivity contribution in [2.45, 2.75) is 25.3 Å². The van der Waals surface area contributed by atoms with Gasteiger partial charge in [0.25, 0.3) is 0 Å². The van der Waals surface area contributed by atoms with Crippen molar-refractivity contribution in [3.8, 4) is 5.82 Å². The summed E-state index contributed by atoms with van der Waals surface area (Å²) in [5.74, 6) is 2.49. The number of fused-ring (bicyclic) bond motifs is 5. The predicted molar refractivity (Wildman–Crippen MR) is 105 cm³/mol. The molecule has 28 heavy (non-hydrogen) atoms. The highest BCUT2D eigenvalue weighted by Crippen LogP contribution is 2.53. The summed E-state index contributed by atoms with van der Waals surface area (Å²) in [6, 6.07) is 8.52. The molecule has 0 aromatic carbocycles. The lowest BCUT2D eigenvalue weighted by molar-refractivity contribution is -0.133. The summed E-state index contributed by atoms with van der Waals surface area (Å²) in [6.45, 7) is 6.32. The second-order valence-corrected chi connectivity index (χ2v) is 8.69. The summed E-state index contributed by atoms with van der Waals surface area (Å²) in [5.41, 5.74) is 2.28. The number of rotatable bonds is 3. The van der Waals surface area contributed by atoms with Crippen molar-refractivity contribution < 1.29 is 9.53 Å². The molecule has 6 rings (SSSR count). The molecule has 2 aromatic heterocycles. The van der Waals surface area contributed by atoms with Crippen LogP contribution in [0.2, 0.25) is 0 Å². The van der Waals surface area contributed by atoms with Gasteiger partial charge in [-0.15, -0.1) is 0 Å². The van der Waals surface area contributed by atoms with Crippen molar-refractivity contribution in [3.05, 3.63) is 42.4 Å². The molecule has 1 spiro atoms. The van der Waals surface area contributed by atoms with Gasteiger partial charge < -0.3 is 19.1 Å². The van der Waals surface area contributed by atoms with Gasteiger partial charge >= 0.3 is 0 Å². The quantitative estimate of drug-likeness (QED) is 0.823. The van der Waals surface area contributed by atoms with Gasteiger partial charge in [-0.3, -0.25) is 4.79 Å². The number of ether oxygens (including phenoxy) is 1. The van der Waals surface area contributed by atoms with E-state index in [0.717, 1.165) is 51.5 Å². The van der Waals surface area contributed by atoms with E-state index < -0.39 is 0 Å². The van der Waals surface area contributed by atoms with Crippen LogP contribution < -0.4 is 4.90 Å². The maximum Gasteiger partial charge on any atom is 0.226 e. The molecule has 2 aromatic rings. The fourth-order valence-electron chi connectivity index (χ4n) is 5.88. The number of aromatic nitrogens is 2. The molecule has 0 N–H and O–H groups in total. The summed E-state index contributed by atoms with van der Waals surface area (Å²) >= 11 is 0. The first-order valence-electron chi connectivity index (χ1n) is 10.5. The molecular weight excluding hydrogens is 352 g/mol. The minimum Gasteiger partial charge on any atom is -0.381 e. The number of nitrogens with zero attached hydrogens (tertiary/aromatic N) is 4. The zero-order valence-electron chi connectivity index (χ0n) is 16.3. The van der Waals surface area contributed by atoms with Gasteiger partial charge in [0.05, 0.1) is 24.6 Å². The van der Waals surface area contributed by atoms with Crippen molar-refractivity contribution in [2.24, 2.45) is 17.8 Å². The van der Waals surface area contributed by atoms with Gasteiger partial charge in [-0.2, -0.15) is 0 Å². The fourth-order valence-corrected chi connectivity index (χ4v) is 5.88. The molecule has 4 atom stereocenters. The highest BCUT2D eigenvalue weighted by molar-refractivity contribution is 5.83. The van der Waals surface area contributed by atoms with Gasteiger partial charge in [0.1, 0.15) is 5.54 Å². The molecule has 5 heterocycles. The number of hydrogen-bond donors (Lipinski definition) is 0. The predicted octanol–water partition coefficient (Wildman–Crippen LogP) is 2.42. The van der Waals surface area contributed by atoms with Crippen LogP contribution in [0.4, 0.5) is 5.69 Å². The number of pyridine rings is 1. The van der Waals surface area contributed by atoms with E-state index in [1.807, 2.05) is 12.3 Å². The lowest BCUT2D eigenvalue weighted by Gasteiger charge is -2.47.